The lowest BCUT2D eigenvalue weighted by Crippen LogP contribution is -1.93. The Balaban J connectivity index is 1.85. The zero-order chi connectivity index (χ0) is 14.7. The van der Waals surface area contributed by atoms with Crippen LogP contribution in [0.25, 0.3) is 11.4 Å². The van der Waals surface area contributed by atoms with E-state index in [2.05, 4.69) is 10.1 Å². The summed E-state index contributed by atoms with van der Waals surface area (Å²) in [7, 11) is 0. The van der Waals surface area contributed by atoms with E-state index >= 15 is 0 Å². The molecule has 1 unspecified atom stereocenters. The molecule has 0 N–H and O–H groups in total. The Morgan fingerprint density at radius 1 is 1.05 bits per heavy atom. The van der Waals surface area contributed by atoms with Crippen molar-refractivity contribution in [3.05, 3.63) is 66.1 Å². The molecular formula is C16H13ClN2OS. The Morgan fingerprint density at radius 3 is 2.43 bits per heavy atom. The quantitative estimate of drug-likeness (QED) is 0.512. The molecular weight excluding hydrogens is 304 g/mol. The highest BCUT2D eigenvalue weighted by Gasteiger charge is 2.18. The maximum Gasteiger partial charge on any atom is 0.249 e. The van der Waals surface area contributed by atoms with Crippen molar-refractivity contribution in [2.75, 3.05) is 6.26 Å². The standard InChI is InChI=1S/C16H13ClN2OS/c1-21-13-9-7-12(8-10-13)15-18-16(20-19-15)14(17)11-5-3-2-4-6-11/h2-10,14H,1H3. The fourth-order valence-corrected chi connectivity index (χ4v) is 2.60. The molecule has 3 aromatic rings. The van der Waals surface area contributed by atoms with E-state index < -0.39 is 5.38 Å². The van der Waals surface area contributed by atoms with E-state index in [4.69, 9.17) is 16.1 Å². The summed E-state index contributed by atoms with van der Waals surface area (Å²) in [6.07, 6.45) is 2.04. The molecule has 1 atom stereocenters. The van der Waals surface area contributed by atoms with Gasteiger partial charge in [0.2, 0.25) is 11.7 Å². The van der Waals surface area contributed by atoms with Crippen molar-refractivity contribution in [3.63, 3.8) is 0 Å². The van der Waals surface area contributed by atoms with Crippen LogP contribution in [0.3, 0.4) is 0 Å². The number of alkyl halides is 1. The van der Waals surface area contributed by atoms with Gasteiger partial charge in [-0.1, -0.05) is 35.5 Å². The normalized spacial score (nSPS) is 12.3. The van der Waals surface area contributed by atoms with Gasteiger partial charge in [-0.05, 0) is 36.1 Å². The van der Waals surface area contributed by atoms with Gasteiger partial charge in [-0.15, -0.1) is 23.4 Å². The maximum atomic E-state index is 6.38. The number of hydrogen-bond donors (Lipinski definition) is 0. The van der Waals surface area contributed by atoms with Crippen LogP contribution in [0.1, 0.15) is 16.8 Å². The molecule has 0 saturated heterocycles. The highest BCUT2D eigenvalue weighted by Crippen LogP contribution is 2.29. The number of rotatable bonds is 4. The number of halogens is 1. The van der Waals surface area contributed by atoms with Gasteiger partial charge in [-0.3, -0.25) is 0 Å². The third-order valence-electron chi connectivity index (χ3n) is 3.10. The van der Waals surface area contributed by atoms with Crippen LogP contribution >= 0.6 is 23.4 Å². The number of thioether (sulfide) groups is 1. The second kappa shape index (κ2) is 6.33. The molecule has 0 spiro atoms. The van der Waals surface area contributed by atoms with Crippen molar-refractivity contribution in [1.82, 2.24) is 10.1 Å². The molecule has 3 nitrogen and oxygen atoms in total. The van der Waals surface area contributed by atoms with E-state index in [0.717, 1.165) is 11.1 Å². The van der Waals surface area contributed by atoms with Crippen molar-refractivity contribution in [2.45, 2.75) is 10.3 Å². The molecule has 21 heavy (non-hydrogen) atoms. The minimum Gasteiger partial charge on any atom is -0.337 e. The molecule has 0 radical (unpaired) electrons. The lowest BCUT2D eigenvalue weighted by Gasteiger charge is -2.03. The predicted octanol–water partition coefficient (Wildman–Crippen LogP) is 4.79. The number of aromatic nitrogens is 2. The zero-order valence-corrected chi connectivity index (χ0v) is 12.9. The van der Waals surface area contributed by atoms with Crippen LogP contribution in [0, 0.1) is 0 Å². The molecule has 0 aliphatic carbocycles. The van der Waals surface area contributed by atoms with Crippen LogP contribution in [-0.4, -0.2) is 16.4 Å². The van der Waals surface area contributed by atoms with Gasteiger partial charge in [0.05, 0.1) is 0 Å². The third kappa shape index (κ3) is 3.12. The first-order valence-corrected chi connectivity index (χ1v) is 8.11. The minimum absolute atomic E-state index is 0.409. The van der Waals surface area contributed by atoms with Crippen molar-refractivity contribution >= 4 is 23.4 Å². The van der Waals surface area contributed by atoms with Crippen LogP contribution in [0.4, 0.5) is 0 Å². The van der Waals surface area contributed by atoms with E-state index in [0.29, 0.717) is 11.7 Å². The van der Waals surface area contributed by atoms with Crippen LogP contribution in [-0.2, 0) is 0 Å². The van der Waals surface area contributed by atoms with Gasteiger partial charge in [0.25, 0.3) is 0 Å². The van der Waals surface area contributed by atoms with E-state index in [-0.39, 0.29) is 0 Å². The molecule has 0 bridgehead atoms. The van der Waals surface area contributed by atoms with Crippen LogP contribution < -0.4 is 0 Å². The topological polar surface area (TPSA) is 38.9 Å². The summed E-state index contributed by atoms with van der Waals surface area (Å²) in [5, 5.41) is 3.58. The molecule has 2 aromatic carbocycles. The molecule has 106 valence electrons. The Morgan fingerprint density at radius 2 is 1.76 bits per heavy atom. The smallest absolute Gasteiger partial charge is 0.249 e. The molecule has 1 heterocycles. The second-order valence-electron chi connectivity index (χ2n) is 4.46. The van der Waals surface area contributed by atoms with Crippen LogP contribution in [0.2, 0.25) is 0 Å². The van der Waals surface area contributed by atoms with Gasteiger partial charge in [-0.25, -0.2) is 0 Å². The van der Waals surface area contributed by atoms with E-state index in [1.807, 2.05) is 60.9 Å². The van der Waals surface area contributed by atoms with Gasteiger partial charge in [-0.2, -0.15) is 4.98 Å². The summed E-state index contributed by atoms with van der Waals surface area (Å²) in [5.41, 5.74) is 1.85. The Kier molecular flexibility index (Phi) is 4.27. The van der Waals surface area contributed by atoms with E-state index in [9.17, 15) is 0 Å². The second-order valence-corrected chi connectivity index (χ2v) is 5.77. The summed E-state index contributed by atoms with van der Waals surface area (Å²) in [4.78, 5) is 5.59. The van der Waals surface area contributed by atoms with Crippen molar-refractivity contribution in [2.24, 2.45) is 0 Å². The monoisotopic (exact) mass is 316 g/mol. The fraction of sp³-hybridized carbons (Fsp3) is 0.125. The average Bonchev–Trinajstić information content (AvgIpc) is 3.05. The Hall–Kier alpha value is -1.78. The summed E-state index contributed by atoms with van der Waals surface area (Å²) >= 11 is 8.08. The molecule has 0 fully saturated rings. The first-order chi connectivity index (χ1) is 10.3. The number of benzene rings is 2. The van der Waals surface area contributed by atoms with E-state index in [1.165, 1.54) is 4.90 Å². The predicted molar refractivity (Wildman–Crippen MR) is 85.7 cm³/mol. The SMILES string of the molecule is CSc1ccc(-c2noc(C(Cl)c3ccccc3)n2)cc1. The van der Waals surface area contributed by atoms with E-state index in [1.54, 1.807) is 11.8 Å². The highest BCUT2D eigenvalue weighted by atomic mass is 35.5. The van der Waals surface area contributed by atoms with Crippen molar-refractivity contribution in [3.8, 4) is 11.4 Å². The number of hydrogen-bond acceptors (Lipinski definition) is 4. The largest absolute Gasteiger partial charge is 0.337 e. The molecule has 1 aromatic heterocycles. The first kappa shape index (κ1) is 14.2. The van der Waals surface area contributed by atoms with Gasteiger partial charge >= 0.3 is 0 Å². The summed E-state index contributed by atoms with van der Waals surface area (Å²) in [6.45, 7) is 0. The van der Waals surface area contributed by atoms with Crippen molar-refractivity contribution in [1.29, 1.82) is 0 Å². The fourth-order valence-electron chi connectivity index (χ4n) is 1.96. The molecule has 0 saturated carbocycles. The average molecular weight is 317 g/mol. The Labute approximate surface area is 132 Å². The molecule has 0 amide bonds. The maximum absolute atomic E-state index is 6.38. The van der Waals surface area contributed by atoms with Gasteiger partial charge in [0.15, 0.2) is 0 Å². The summed E-state index contributed by atoms with van der Waals surface area (Å²) in [5.74, 6) is 0.964. The third-order valence-corrected chi connectivity index (χ3v) is 4.28. The molecule has 3 rings (SSSR count). The first-order valence-electron chi connectivity index (χ1n) is 6.45. The van der Waals surface area contributed by atoms with Crippen LogP contribution in [0.5, 0.6) is 0 Å². The summed E-state index contributed by atoms with van der Waals surface area (Å²) in [6, 6.07) is 17.7. The van der Waals surface area contributed by atoms with Crippen molar-refractivity contribution < 1.29 is 4.52 Å². The molecule has 0 aliphatic heterocycles. The van der Waals surface area contributed by atoms with Crippen LogP contribution in [0.15, 0.2) is 64.0 Å². The zero-order valence-electron chi connectivity index (χ0n) is 11.4. The van der Waals surface area contributed by atoms with Gasteiger partial charge in [0.1, 0.15) is 5.38 Å². The van der Waals surface area contributed by atoms with Gasteiger partial charge in [0, 0.05) is 10.5 Å². The number of nitrogens with zero attached hydrogens (tertiary/aromatic N) is 2. The summed E-state index contributed by atoms with van der Waals surface area (Å²) < 4.78 is 5.29. The molecule has 0 aliphatic rings. The minimum atomic E-state index is -0.432. The highest BCUT2D eigenvalue weighted by molar-refractivity contribution is 7.98. The lowest BCUT2D eigenvalue weighted by molar-refractivity contribution is 0.383. The Bertz CT molecular complexity index is 713. The van der Waals surface area contributed by atoms with Gasteiger partial charge < -0.3 is 4.52 Å². The lowest BCUT2D eigenvalue weighted by atomic mass is 10.1. The molecule has 5 heteroatoms.